The van der Waals surface area contributed by atoms with E-state index < -0.39 is 18.1 Å². The summed E-state index contributed by atoms with van der Waals surface area (Å²) in [6.07, 6.45) is 0.744. The molecule has 5 nitrogen and oxygen atoms in total. The number of carbonyl (C=O) groups excluding carboxylic acids is 1. The van der Waals surface area contributed by atoms with Gasteiger partial charge in [-0.3, -0.25) is 4.90 Å². The minimum absolute atomic E-state index is 0.165. The Morgan fingerprint density at radius 2 is 2.05 bits per heavy atom. The lowest BCUT2D eigenvalue weighted by molar-refractivity contribution is -0.144. The molecule has 1 saturated heterocycles. The number of rotatable bonds is 3. The van der Waals surface area contributed by atoms with E-state index in [1.54, 1.807) is 0 Å². The second kappa shape index (κ2) is 6.41. The normalized spacial score (nSPS) is 22.4. The largest absolute Gasteiger partial charge is 0.480 e. The van der Waals surface area contributed by atoms with Gasteiger partial charge in [0.05, 0.1) is 0 Å². The highest BCUT2D eigenvalue weighted by Crippen LogP contribution is 2.23. The fourth-order valence-corrected chi connectivity index (χ4v) is 2.40. The average molecular weight is 277 g/mol. The molecule has 0 saturated carbocycles. The lowest BCUT2D eigenvalue weighted by atomic mass is 9.93. The van der Waals surface area contributed by atoms with Gasteiger partial charge in [-0.25, -0.2) is 9.59 Å². The van der Waals surface area contributed by atoms with Gasteiger partial charge in [-0.2, -0.15) is 0 Å². The molecule has 0 radical (unpaired) electrons. The quantitative estimate of drug-likeness (QED) is 0.921. The maximum Gasteiger partial charge on any atom is 0.410 e. The molecule has 0 aliphatic carbocycles. The highest BCUT2D eigenvalue weighted by molar-refractivity contribution is 5.80. The molecule has 1 aliphatic rings. The molecule has 0 aromatic heterocycles. The van der Waals surface area contributed by atoms with Crippen molar-refractivity contribution >= 4 is 12.1 Å². The van der Waals surface area contributed by atoms with Gasteiger partial charge in [0.1, 0.15) is 12.6 Å². The number of hydrogen-bond donors (Lipinski definition) is 1. The summed E-state index contributed by atoms with van der Waals surface area (Å²) in [5.74, 6) is -0.650. The number of carboxylic acids is 1. The summed E-state index contributed by atoms with van der Waals surface area (Å²) >= 11 is 0. The van der Waals surface area contributed by atoms with Gasteiger partial charge in [0, 0.05) is 6.54 Å². The summed E-state index contributed by atoms with van der Waals surface area (Å²) < 4.78 is 5.21. The van der Waals surface area contributed by atoms with Gasteiger partial charge in [0.2, 0.25) is 0 Å². The van der Waals surface area contributed by atoms with Crippen molar-refractivity contribution in [3.05, 3.63) is 35.9 Å². The van der Waals surface area contributed by atoms with Crippen LogP contribution in [0.15, 0.2) is 30.3 Å². The van der Waals surface area contributed by atoms with E-state index in [0.29, 0.717) is 18.9 Å². The van der Waals surface area contributed by atoms with Crippen molar-refractivity contribution in [1.82, 2.24) is 4.90 Å². The van der Waals surface area contributed by atoms with Crippen LogP contribution in [0.5, 0.6) is 0 Å². The Morgan fingerprint density at radius 1 is 1.35 bits per heavy atom. The summed E-state index contributed by atoms with van der Waals surface area (Å²) in [5.41, 5.74) is 0.887. The fraction of sp³-hybridized carbons (Fsp3) is 0.467. The molecular weight excluding hydrogens is 258 g/mol. The lowest BCUT2D eigenvalue weighted by Gasteiger charge is -2.35. The summed E-state index contributed by atoms with van der Waals surface area (Å²) in [6, 6.07) is 8.57. The minimum atomic E-state index is -0.965. The van der Waals surface area contributed by atoms with E-state index >= 15 is 0 Å². The van der Waals surface area contributed by atoms with E-state index in [-0.39, 0.29) is 6.61 Å². The molecule has 2 rings (SSSR count). The monoisotopic (exact) mass is 277 g/mol. The number of likely N-dealkylation sites (tertiary alicyclic amines) is 1. The number of benzene rings is 1. The first kappa shape index (κ1) is 14.4. The van der Waals surface area contributed by atoms with Crippen molar-refractivity contribution < 1.29 is 19.4 Å². The van der Waals surface area contributed by atoms with Crippen molar-refractivity contribution in [3.8, 4) is 0 Å². The second-order valence-corrected chi connectivity index (χ2v) is 5.22. The molecule has 20 heavy (non-hydrogen) atoms. The Hall–Kier alpha value is -2.04. The van der Waals surface area contributed by atoms with Crippen molar-refractivity contribution in [3.63, 3.8) is 0 Å². The van der Waals surface area contributed by atoms with Gasteiger partial charge in [-0.1, -0.05) is 37.3 Å². The molecule has 5 heteroatoms. The Bertz CT molecular complexity index is 474. The third-order valence-corrected chi connectivity index (χ3v) is 3.59. The molecule has 1 heterocycles. The van der Waals surface area contributed by atoms with Crippen LogP contribution in [-0.4, -0.2) is 34.7 Å². The van der Waals surface area contributed by atoms with Gasteiger partial charge in [-0.05, 0) is 24.3 Å². The number of amides is 1. The van der Waals surface area contributed by atoms with E-state index in [4.69, 9.17) is 4.74 Å². The van der Waals surface area contributed by atoms with Crippen molar-refractivity contribution in [2.24, 2.45) is 5.92 Å². The maximum absolute atomic E-state index is 12.0. The zero-order chi connectivity index (χ0) is 14.5. The summed E-state index contributed by atoms with van der Waals surface area (Å²) in [4.78, 5) is 24.6. The van der Waals surface area contributed by atoms with Crippen LogP contribution >= 0.6 is 0 Å². The highest BCUT2D eigenvalue weighted by atomic mass is 16.6. The van der Waals surface area contributed by atoms with Gasteiger partial charge >= 0.3 is 12.1 Å². The number of aliphatic carboxylic acids is 1. The maximum atomic E-state index is 12.0. The molecule has 1 fully saturated rings. The van der Waals surface area contributed by atoms with E-state index in [1.165, 1.54) is 4.90 Å². The van der Waals surface area contributed by atoms with Gasteiger partial charge in [0.25, 0.3) is 0 Å². The van der Waals surface area contributed by atoms with Crippen LogP contribution in [0.4, 0.5) is 4.79 Å². The van der Waals surface area contributed by atoms with Crippen molar-refractivity contribution in [2.75, 3.05) is 6.54 Å². The topological polar surface area (TPSA) is 66.8 Å². The molecule has 0 unspecified atom stereocenters. The van der Waals surface area contributed by atoms with Crippen LogP contribution in [0.25, 0.3) is 0 Å². The first-order valence-corrected chi connectivity index (χ1v) is 6.78. The Labute approximate surface area is 118 Å². The van der Waals surface area contributed by atoms with Crippen LogP contribution in [0.3, 0.4) is 0 Å². The number of nitrogens with zero attached hydrogens (tertiary/aromatic N) is 1. The predicted octanol–water partition coefficient (Wildman–Crippen LogP) is 2.51. The van der Waals surface area contributed by atoms with Crippen molar-refractivity contribution in [1.29, 1.82) is 0 Å². The molecule has 0 bridgehead atoms. The molecule has 1 aliphatic heterocycles. The third kappa shape index (κ3) is 3.50. The predicted molar refractivity (Wildman–Crippen MR) is 73.2 cm³/mol. The van der Waals surface area contributed by atoms with Gasteiger partial charge in [0.15, 0.2) is 0 Å². The Kier molecular flexibility index (Phi) is 4.61. The lowest BCUT2D eigenvalue weighted by Crippen LogP contribution is -2.49. The Balaban J connectivity index is 1.95. The average Bonchev–Trinajstić information content (AvgIpc) is 2.45. The molecular formula is C15H19NO4. The molecule has 1 aromatic carbocycles. The summed E-state index contributed by atoms with van der Waals surface area (Å²) in [7, 11) is 0. The van der Waals surface area contributed by atoms with Gasteiger partial charge < -0.3 is 9.84 Å². The van der Waals surface area contributed by atoms with E-state index in [2.05, 4.69) is 0 Å². The molecule has 1 aromatic rings. The third-order valence-electron chi connectivity index (χ3n) is 3.59. The second-order valence-electron chi connectivity index (χ2n) is 5.22. The smallest absolute Gasteiger partial charge is 0.410 e. The first-order chi connectivity index (χ1) is 9.58. The van der Waals surface area contributed by atoms with E-state index in [1.807, 2.05) is 37.3 Å². The minimum Gasteiger partial charge on any atom is -0.480 e. The van der Waals surface area contributed by atoms with Crippen LogP contribution in [-0.2, 0) is 16.1 Å². The van der Waals surface area contributed by atoms with Gasteiger partial charge in [-0.15, -0.1) is 0 Å². The van der Waals surface area contributed by atoms with Crippen LogP contribution in [0.1, 0.15) is 25.3 Å². The number of carboxylic acid groups (broad SMARTS) is 1. The Morgan fingerprint density at radius 3 is 2.70 bits per heavy atom. The van der Waals surface area contributed by atoms with E-state index in [9.17, 15) is 14.7 Å². The molecule has 108 valence electrons. The highest BCUT2D eigenvalue weighted by Gasteiger charge is 2.35. The zero-order valence-electron chi connectivity index (χ0n) is 11.5. The van der Waals surface area contributed by atoms with Crippen molar-refractivity contribution in [2.45, 2.75) is 32.4 Å². The number of ether oxygens (including phenoxy) is 1. The summed E-state index contributed by atoms with van der Waals surface area (Å²) in [6.45, 7) is 2.60. The molecule has 2 atom stereocenters. The number of piperidine rings is 1. The first-order valence-electron chi connectivity index (χ1n) is 6.78. The van der Waals surface area contributed by atoms with Crippen LogP contribution in [0, 0.1) is 5.92 Å². The number of carbonyl (C=O) groups is 2. The summed E-state index contributed by atoms with van der Waals surface area (Å²) in [5, 5.41) is 9.21. The molecule has 1 N–H and O–H groups in total. The van der Waals surface area contributed by atoms with Crippen LogP contribution < -0.4 is 0 Å². The zero-order valence-corrected chi connectivity index (χ0v) is 11.5. The van der Waals surface area contributed by atoms with Crippen LogP contribution in [0.2, 0.25) is 0 Å². The standard InChI is InChI=1S/C15H19NO4/c1-11-7-8-16(13(9-11)14(17)18)15(19)20-10-12-5-3-2-4-6-12/h2-6,11,13H,7-10H2,1H3,(H,17,18)/t11-,13+/m1/s1. The molecule has 1 amide bonds. The number of hydrogen-bond acceptors (Lipinski definition) is 3. The van der Waals surface area contributed by atoms with E-state index in [0.717, 1.165) is 12.0 Å². The fourth-order valence-electron chi connectivity index (χ4n) is 2.40. The SMILES string of the molecule is C[C@@H]1CCN(C(=O)OCc2ccccc2)[C@H](C(=O)O)C1. The molecule has 0 spiro atoms.